The largest absolute Gasteiger partial charge is 0.392 e. The molecule has 1 atom stereocenters. The molecule has 0 amide bonds. The van der Waals surface area contributed by atoms with Gasteiger partial charge in [0, 0.05) is 12.1 Å². The maximum Gasteiger partial charge on any atom is 0.330 e. The van der Waals surface area contributed by atoms with Gasteiger partial charge >= 0.3 is 5.97 Å². The van der Waals surface area contributed by atoms with Crippen LogP contribution in [0.15, 0.2) is 4.99 Å². The van der Waals surface area contributed by atoms with Gasteiger partial charge in [0.05, 0.1) is 0 Å². The van der Waals surface area contributed by atoms with Crippen LogP contribution in [0.2, 0.25) is 0 Å². The second-order valence-electron chi connectivity index (χ2n) is 5.69. The first-order valence-corrected chi connectivity index (χ1v) is 7.78. The number of carbonyl (C=O) groups is 1. The summed E-state index contributed by atoms with van der Waals surface area (Å²) in [7, 11) is 3.70. The van der Waals surface area contributed by atoms with E-state index < -0.39 is 0 Å². The SMILES string of the molecule is CNCCCCC(NC)C(=O)OC(=NC(C)C)NC(C)C. The summed E-state index contributed by atoms with van der Waals surface area (Å²) in [5, 5.41) is 9.18. The summed E-state index contributed by atoms with van der Waals surface area (Å²) in [6, 6.07) is 0.246. The number of aliphatic imine (C=N–C) groups is 1. The van der Waals surface area contributed by atoms with E-state index >= 15 is 0 Å². The van der Waals surface area contributed by atoms with Crippen molar-refractivity contribution in [2.75, 3.05) is 20.6 Å². The average molecular weight is 300 g/mol. The van der Waals surface area contributed by atoms with Crippen LogP contribution in [0.4, 0.5) is 0 Å². The zero-order valence-corrected chi connectivity index (χ0v) is 14.3. The Bertz CT molecular complexity index is 317. The van der Waals surface area contributed by atoms with Crippen molar-refractivity contribution in [2.24, 2.45) is 4.99 Å². The van der Waals surface area contributed by atoms with Gasteiger partial charge in [-0.05, 0) is 61.2 Å². The van der Waals surface area contributed by atoms with Gasteiger partial charge < -0.3 is 20.7 Å². The highest BCUT2D eigenvalue weighted by molar-refractivity contribution is 5.90. The molecule has 6 heteroatoms. The number of nitrogens with one attached hydrogen (secondary N) is 3. The fourth-order valence-electron chi connectivity index (χ4n) is 1.77. The molecule has 0 aromatic heterocycles. The Balaban J connectivity index is 4.48. The van der Waals surface area contributed by atoms with Gasteiger partial charge in [-0.3, -0.25) is 0 Å². The third kappa shape index (κ3) is 10.3. The van der Waals surface area contributed by atoms with Crippen molar-refractivity contribution in [1.82, 2.24) is 16.0 Å². The lowest BCUT2D eigenvalue weighted by atomic mass is 10.1. The summed E-state index contributed by atoms with van der Waals surface area (Å²) in [4.78, 5) is 16.5. The van der Waals surface area contributed by atoms with E-state index in [9.17, 15) is 4.79 Å². The number of rotatable bonds is 9. The van der Waals surface area contributed by atoms with Gasteiger partial charge in [0.2, 0.25) is 0 Å². The second kappa shape index (κ2) is 11.5. The van der Waals surface area contributed by atoms with Crippen LogP contribution >= 0.6 is 0 Å². The second-order valence-corrected chi connectivity index (χ2v) is 5.69. The first kappa shape index (κ1) is 19.9. The molecule has 124 valence electrons. The van der Waals surface area contributed by atoms with E-state index in [1.165, 1.54) is 0 Å². The van der Waals surface area contributed by atoms with Gasteiger partial charge in [-0.25, -0.2) is 9.79 Å². The molecule has 0 spiro atoms. The maximum absolute atomic E-state index is 12.2. The summed E-state index contributed by atoms with van der Waals surface area (Å²) in [5.41, 5.74) is 0. The molecule has 0 radical (unpaired) electrons. The van der Waals surface area contributed by atoms with Crippen LogP contribution in [0.3, 0.4) is 0 Å². The molecule has 0 saturated heterocycles. The highest BCUT2D eigenvalue weighted by Gasteiger charge is 2.20. The standard InChI is InChI=1S/C15H32N4O2/c1-11(2)18-15(19-12(3)4)21-14(20)13(17-6)9-7-8-10-16-5/h11-13,16-17H,7-10H2,1-6H3,(H,18,19). The highest BCUT2D eigenvalue weighted by atomic mass is 16.6. The number of nitrogens with zero attached hydrogens (tertiary/aromatic N) is 1. The Hall–Kier alpha value is -1.14. The molecule has 0 aromatic rings. The lowest BCUT2D eigenvalue weighted by Crippen LogP contribution is -2.41. The Kier molecular flexibility index (Phi) is 10.9. The fourth-order valence-corrected chi connectivity index (χ4v) is 1.77. The van der Waals surface area contributed by atoms with E-state index in [0.29, 0.717) is 6.02 Å². The van der Waals surface area contributed by atoms with Crippen molar-refractivity contribution in [2.45, 2.75) is 65.1 Å². The zero-order valence-electron chi connectivity index (χ0n) is 14.3. The van der Waals surface area contributed by atoms with E-state index in [2.05, 4.69) is 20.9 Å². The molecule has 0 aliphatic heterocycles. The van der Waals surface area contributed by atoms with Crippen LogP contribution in [0.5, 0.6) is 0 Å². The zero-order chi connectivity index (χ0) is 16.3. The minimum atomic E-state index is -0.298. The van der Waals surface area contributed by atoms with Crippen molar-refractivity contribution >= 4 is 12.0 Å². The van der Waals surface area contributed by atoms with Gasteiger partial charge in [0.25, 0.3) is 6.02 Å². The molecule has 6 nitrogen and oxygen atoms in total. The van der Waals surface area contributed by atoms with Gasteiger partial charge in [-0.1, -0.05) is 6.42 Å². The van der Waals surface area contributed by atoms with Crippen LogP contribution < -0.4 is 16.0 Å². The number of carbonyl (C=O) groups excluding carboxylic acids is 1. The molecule has 21 heavy (non-hydrogen) atoms. The molecule has 0 saturated carbocycles. The van der Waals surface area contributed by atoms with E-state index in [1.54, 1.807) is 7.05 Å². The molecular formula is C15H32N4O2. The van der Waals surface area contributed by atoms with E-state index in [4.69, 9.17) is 4.74 Å². The summed E-state index contributed by atoms with van der Waals surface area (Å²) in [6.45, 7) is 8.82. The molecule has 0 aliphatic carbocycles. The molecule has 0 rings (SSSR count). The Labute approximate surface area is 129 Å². The number of amidine groups is 1. The van der Waals surface area contributed by atoms with Crippen LogP contribution in [0.1, 0.15) is 47.0 Å². The molecule has 0 aliphatic rings. The topological polar surface area (TPSA) is 74.8 Å². The average Bonchev–Trinajstić information content (AvgIpc) is 2.37. The van der Waals surface area contributed by atoms with Gasteiger partial charge in [-0.2, -0.15) is 0 Å². The molecule has 0 aromatic carbocycles. The first-order chi connectivity index (χ1) is 9.90. The maximum atomic E-state index is 12.2. The predicted molar refractivity (Wildman–Crippen MR) is 87.6 cm³/mol. The van der Waals surface area contributed by atoms with Crippen molar-refractivity contribution in [3.8, 4) is 0 Å². The lowest BCUT2D eigenvalue weighted by molar-refractivity contribution is -0.138. The van der Waals surface area contributed by atoms with Gasteiger partial charge in [0.15, 0.2) is 0 Å². The van der Waals surface area contributed by atoms with Gasteiger partial charge in [0.1, 0.15) is 6.04 Å². The fraction of sp³-hybridized carbons (Fsp3) is 0.867. The number of likely N-dealkylation sites (N-methyl/N-ethyl adjacent to an activating group) is 1. The molecule has 3 N–H and O–H groups in total. The van der Waals surface area contributed by atoms with Crippen LogP contribution in [0, 0.1) is 0 Å². The summed E-state index contributed by atoms with van der Waals surface area (Å²) in [5.74, 6) is -0.283. The smallest absolute Gasteiger partial charge is 0.330 e. The van der Waals surface area contributed by atoms with Gasteiger partial charge in [-0.15, -0.1) is 0 Å². The summed E-state index contributed by atoms with van der Waals surface area (Å²) >= 11 is 0. The lowest BCUT2D eigenvalue weighted by Gasteiger charge is -2.18. The van der Waals surface area contributed by atoms with Crippen LogP contribution in [0.25, 0.3) is 0 Å². The molecular weight excluding hydrogens is 268 g/mol. The van der Waals surface area contributed by atoms with E-state index in [-0.39, 0.29) is 24.1 Å². The van der Waals surface area contributed by atoms with Crippen LogP contribution in [-0.2, 0) is 9.53 Å². The van der Waals surface area contributed by atoms with Crippen molar-refractivity contribution in [3.05, 3.63) is 0 Å². The number of hydrogen-bond acceptors (Lipinski definition) is 5. The molecule has 0 bridgehead atoms. The first-order valence-electron chi connectivity index (χ1n) is 7.78. The predicted octanol–water partition coefficient (Wildman–Crippen LogP) is 1.27. The number of unbranched alkanes of at least 4 members (excludes halogenated alkanes) is 1. The van der Waals surface area contributed by atoms with Crippen LogP contribution in [-0.4, -0.2) is 50.8 Å². The van der Waals surface area contributed by atoms with Crippen molar-refractivity contribution in [1.29, 1.82) is 0 Å². The van der Waals surface area contributed by atoms with Crippen molar-refractivity contribution in [3.63, 3.8) is 0 Å². The quantitative estimate of drug-likeness (QED) is 0.259. The third-order valence-electron chi connectivity index (χ3n) is 2.79. The number of hydrogen-bond donors (Lipinski definition) is 3. The minimum Gasteiger partial charge on any atom is -0.392 e. The van der Waals surface area contributed by atoms with E-state index in [1.807, 2.05) is 34.7 Å². The van der Waals surface area contributed by atoms with Crippen molar-refractivity contribution < 1.29 is 9.53 Å². The monoisotopic (exact) mass is 300 g/mol. The highest BCUT2D eigenvalue weighted by Crippen LogP contribution is 2.03. The Morgan fingerprint density at radius 1 is 1.14 bits per heavy atom. The summed E-state index contributed by atoms with van der Waals surface area (Å²) in [6.07, 6.45) is 2.77. The Morgan fingerprint density at radius 2 is 1.81 bits per heavy atom. The minimum absolute atomic E-state index is 0.0720. The molecule has 0 heterocycles. The van der Waals surface area contributed by atoms with E-state index in [0.717, 1.165) is 25.8 Å². The molecule has 1 unspecified atom stereocenters. The Morgan fingerprint density at radius 3 is 2.29 bits per heavy atom. The third-order valence-corrected chi connectivity index (χ3v) is 2.79. The molecule has 0 fully saturated rings. The number of ether oxygens (including phenoxy) is 1. The normalized spacial score (nSPS) is 13.6. The summed E-state index contributed by atoms with van der Waals surface area (Å²) < 4.78 is 5.40. The number of esters is 1.